The van der Waals surface area contributed by atoms with Gasteiger partial charge in [0.25, 0.3) is 5.56 Å². The van der Waals surface area contributed by atoms with Gasteiger partial charge in [-0.25, -0.2) is 9.78 Å². The van der Waals surface area contributed by atoms with Gasteiger partial charge < -0.3 is 10.1 Å². The zero-order valence-electron chi connectivity index (χ0n) is 14.6. The van der Waals surface area contributed by atoms with Crippen molar-refractivity contribution in [1.82, 2.24) is 9.97 Å². The molecule has 6 nitrogen and oxygen atoms in total. The maximum atomic E-state index is 12.1. The van der Waals surface area contributed by atoms with Gasteiger partial charge in [-0.05, 0) is 55.9 Å². The SMILES string of the molecule is CC(C)COC(=O)c1ccc(Nc2nc3c(c(=O)[nH]2)CCCC3)cc1. The Balaban J connectivity index is 1.70. The fraction of sp³-hybridized carbons (Fsp3) is 0.421. The minimum absolute atomic E-state index is 0.0684. The number of aryl methyl sites for hydroxylation is 1. The molecule has 0 bridgehead atoms. The van der Waals surface area contributed by atoms with Crippen molar-refractivity contribution in [1.29, 1.82) is 0 Å². The first-order valence-electron chi connectivity index (χ1n) is 8.69. The van der Waals surface area contributed by atoms with Gasteiger partial charge in [-0.3, -0.25) is 9.78 Å². The molecule has 25 heavy (non-hydrogen) atoms. The van der Waals surface area contributed by atoms with Crippen molar-refractivity contribution < 1.29 is 9.53 Å². The lowest BCUT2D eigenvalue weighted by Gasteiger charge is -2.15. The summed E-state index contributed by atoms with van der Waals surface area (Å²) in [5.41, 5.74) is 2.87. The number of aromatic nitrogens is 2. The van der Waals surface area contributed by atoms with E-state index < -0.39 is 0 Å². The highest BCUT2D eigenvalue weighted by Gasteiger charge is 2.15. The molecule has 0 saturated heterocycles. The fourth-order valence-corrected chi connectivity index (χ4v) is 2.81. The Kier molecular flexibility index (Phi) is 5.16. The second-order valence-electron chi connectivity index (χ2n) is 6.74. The Hall–Kier alpha value is -2.63. The molecule has 0 amide bonds. The number of nitrogens with one attached hydrogen (secondary N) is 2. The Morgan fingerprint density at radius 3 is 2.68 bits per heavy atom. The van der Waals surface area contributed by atoms with Crippen molar-refractivity contribution in [3.63, 3.8) is 0 Å². The normalized spacial score (nSPS) is 13.4. The van der Waals surface area contributed by atoms with Gasteiger partial charge in [-0.1, -0.05) is 13.8 Å². The van der Waals surface area contributed by atoms with Crippen molar-refractivity contribution in [3.8, 4) is 0 Å². The number of benzene rings is 1. The van der Waals surface area contributed by atoms with Crippen LogP contribution in [0.25, 0.3) is 0 Å². The first kappa shape index (κ1) is 17.2. The van der Waals surface area contributed by atoms with E-state index in [4.69, 9.17) is 4.74 Å². The lowest BCUT2D eigenvalue weighted by molar-refractivity contribution is 0.0459. The van der Waals surface area contributed by atoms with Gasteiger partial charge in [0.2, 0.25) is 5.95 Å². The van der Waals surface area contributed by atoms with E-state index >= 15 is 0 Å². The standard InChI is InChI=1S/C19H23N3O3/c1-12(2)11-25-18(24)13-7-9-14(10-8-13)20-19-21-16-6-4-3-5-15(16)17(23)22-19/h7-10,12H,3-6,11H2,1-2H3,(H2,20,21,22,23). The van der Waals surface area contributed by atoms with Crippen LogP contribution in [0.2, 0.25) is 0 Å². The molecule has 3 rings (SSSR count). The molecule has 132 valence electrons. The highest BCUT2D eigenvalue weighted by molar-refractivity contribution is 5.89. The largest absolute Gasteiger partial charge is 0.462 e. The van der Waals surface area contributed by atoms with E-state index in [-0.39, 0.29) is 11.5 Å². The van der Waals surface area contributed by atoms with Crippen LogP contribution in [0, 0.1) is 5.92 Å². The molecular formula is C19H23N3O3. The average molecular weight is 341 g/mol. The predicted molar refractivity (Wildman–Crippen MR) is 96.3 cm³/mol. The fourth-order valence-electron chi connectivity index (χ4n) is 2.81. The zero-order valence-corrected chi connectivity index (χ0v) is 14.6. The van der Waals surface area contributed by atoms with Crippen LogP contribution >= 0.6 is 0 Å². The molecule has 1 aliphatic rings. The molecule has 0 saturated carbocycles. The van der Waals surface area contributed by atoms with E-state index in [0.717, 1.165) is 42.6 Å². The number of rotatable bonds is 5. The van der Waals surface area contributed by atoms with E-state index in [9.17, 15) is 9.59 Å². The first-order chi connectivity index (χ1) is 12.0. The van der Waals surface area contributed by atoms with Crippen LogP contribution in [0.1, 0.15) is 48.3 Å². The van der Waals surface area contributed by atoms with Crippen LogP contribution < -0.4 is 10.9 Å². The summed E-state index contributed by atoms with van der Waals surface area (Å²) in [5, 5.41) is 3.09. The van der Waals surface area contributed by atoms with Gasteiger partial charge in [0.1, 0.15) is 0 Å². The first-order valence-corrected chi connectivity index (χ1v) is 8.69. The van der Waals surface area contributed by atoms with Crippen LogP contribution in [-0.4, -0.2) is 22.5 Å². The number of fused-ring (bicyclic) bond motifs is 1. The lowest BCUT2D eigenvalue weighted by atomic mass is 9.97. The Morgan fingerprint density at radius 2 is 1.96 bits per heavy atom. The molecule has 0 unspecified atom stereocenters. The molecule has 0 atom stereocenters. The highest BCUT2D eigenvalue weighted by atomic mass is 16.5. The summed E-state index contributed by atoms with van der Waals surface area (Å²) in [6, 6.07) is 6.93. The Bertz CT molecular complexity index is 810. The van der Waals surface area contributed by atoms with E-state index in [2.05, 4.69) is 15.3 Å². The van der Waals surface area contributed by atoms with Crippen molar-refractivity contribution in [2.45, 2.75) is 39.5 Å². The van der Waals surface area contributed by atoms with Crippen LogP contribution in [0.5, 0.6) is 0 Å². The molecule has 0 fully saturated rings. The number of carbonyl (C=O) groups is 1. The maximum absolute atomic E-state index is 12.1. The molecule has 0 aliphatic heterocycles. The summed E-state index contributed by atoms with van der Waals surface area (Å²) < 4.78 is 5.21. The third-order valence-corrected chi connectivity index (χ3v) is 4.12. The van der Waals surface area contributed by atoms with Crippen LogP contribution in [0.3, 0.4) is 0 Å². The number of aromatic amines is 1. The summed E-state index contributed by atoms with van der Waals surface area (Å²) >= 11 is 0. The van der Waals surface area contributed by atoms with Gasteiger partial charge in [0.15, 0.2) is 0 Å². The summed E-state index contributed by atoms with van der Waals surface area (Å²) in [6.45, 7) is 4.39. The number of hydrogen-bond donors (Lipinski definition) is 2. The number of ether oxygens (including phenoxy) is 1. The minimum atomic E-state index is -0.333. The minimum Gasteiger partial charge on any atom is -0.462 e. The third-order valence-electron chi connectivity index (χ3n) is 4.12. The van der Waals surface area contributed by atoms with Crippen molar-refractivity contribution in [3.05, 3.63) is 51.4 Å². The summed E-state index contributed by atoms with van der Waals surface area (Å²) in [4.78, 5) is 31.4. The van der Waals surface area contributed by atoms with Crippen molar-refractivity contribution >= 4 is 17.6 Å². The number of carbonyl (C=O) groups excluding carboxylic acids is 1. The molecule has 1 aromatic carbocycles. The average Bonchev–Trinajstić information content (AvgIpc) is 2.60. The number of nitrogens with zero attached hydrogens (tertiary/aromatic N) is 1. The molecule has 1 heterocycles. The van der Waals surface area contributed by atoms with Crippen LogP contribution in [0.4, 0.5) is 11.6 Å². The molecule has 0 spiro atoms. The lowest BCUT2D eigenvalue weighted by Crippen LogP contribution is -2.22. The Morgan fingerprint density at radius 1 is 1.24 bits per heavy atom. The maximum Gasteiger partial charge on any atom is 0.338 e. The molecule has 1 aromatic heterocycles. The van der Waals surface area contributed by atoms with Gasteiger partial charge in [-0.2, -0.15) is 0 Å². The van der Waals surface area contributed by atoms with E-state index in [1.807, 2.05) is 13.8 Å². The van der Waals surface area contributed by atoms with Gasteiger partial charge >= 0.3 is 5.97 Å². The van der Waals surface area contributed by atoms with Crippen molar-refractivity contribution in [2.75, 3.05) is 11.9 Å². The van der Waals surface area contributed by atoms with E-state index in [1.165, 1.54) is 0 Å². The van der Waals surface area contributed by atoms with E-state index in [1.54, 1.807) is 24.3 Å². The number of anilines is 2. The summed E-state index contributed by atoms with van der Waals surface area (Å²) in [5.74, 6) is 0.401. The molecule has 2 N–H and O–H groups in total. The van der Waals surface area contributed by atoms with Gasteiger partial charge in [0, 0.05) is 11.3 Å². The van der Waals surface area contributed by atoms with Crippen molar-refractivity contribution in [2.24, 2.45) is 5.92 Å². The number of H-pyrrole nitrogens is 1. The number of esters is 1. The number of hydrogen-bond acceptors (Lipinski definition) is 5. The smallest absolute Gasteiger partial charge is 0.338 e. The van der Waals surface area contributed by atoms with Gasteiger partial charge in [-0.15, -0.1) is 0 Å². The molecular weight excluding hydrogens is 318 g/mol. The third kappa shape index (κ3) is 4.26. The molecule has 1 aliphatic carbocycles. The van der Waals surface area contributed by atoms with Crippen LogP contribution in [0.15, 0.2) is 29.1 Å². The second-order valence-corrected chi connectivity index (χ2v) is 6.74. The topological polar surface area (TPSA) is 84.1 Å². The summed E-state index contributed by atoms with van der Waals surface area (Å²) in [6.07, 6.45) is 3.74. The van der Waals surface area contributed by atoms with Crippen LogP contribution in [-0.2, 0) is 17.6 Å². The van der Waals surface area contributed by atoms with E-state index in [0.29, 0.717) is 24.0 Å². The molecule has 2 aromatic rings. The quantitative estimate of drug-likeness (QED) is 0.816. The monoisotopic (exact) mass is 341 g/mol. The summed E-state index contributed by atoms with van der Waals surface area (Å²) in [7, 11) is 0. The predicted octanol–water partition coefficient (Wildman–Crippen LogP) is 3.21. The zero-order chi connectivity index (χ0) is 17.8. The highest BCUT2D eigenvalue weighted by Crippen LogP contribution is 2.19. The molecule has 0 radical (unpaired) electrons. The Labute approximate surface area is 146 Å². The van der Waals surface area contributed by atoms with Gasteiger partial charge in [0.05, 0.1) is 17.9 Å². The second kappa shape index (κ2) is 7.51. The molecule has 6 heteroatoms.